The van der Waals surface area contributed by atoms with Crippen molar-refractivity contribution >= 4 is 6.09 Å². The van der Waals surface area contributed by atoms with E-state index in [1.54, 1.807) is 5.57 Å². The Hall–Kier alpha value is -1.41. The molecule has 1 amide bonds. The molecule has 7 heteroatoms. The van der Waals surface area contributed by atoms with Crippen LogP contribution in [0.1, 0.15) is 222 Å². The molecule has 10 atom stereocenters. The Labute approximate surface area is 407 Å². The number of fused-ring (bicyclic) bond motifs is 5. The van der Waals surface area contributed by atoms with E-state index in [1.807, 2.05) is 0 Å². The first-order chi connectivity index (χ1) is 32.0. The van der Waals surface area contributed by atoms with Gasteiger partial charge in [0.2, 0.25) is 0 Å². The molecule has 7 nitrogen and oxygen atoms in total. The van der Waals surface area contributed by atoms with Crippen molar-refractivity contribution in [3.8, 4) is 0 Å². The van der Waals surface area contributed by atoms with E-state index in [1.165, 1.54) is 148 Å². The number of rotatable bonds is 33. The SMILES string of the molecule is CCCCCCCC/C=C\CCCCCCCCOCC(CN1CCCC(C)C1)OCCOCCNC(=O)O[C@H]1CC[C@@]2(C)C(=CC[C@H]3C4CCC([C@@H](C)CCCC(C)C)[C@@]4(C)CCC32)C1. The molecule has 1 saturated heterocycles. The summed E-state index contributed by atoms with van der Waals surface area (Å²) >= 11 is 0. The zero-order valence-electron chi connectivity index (χ0n) is 44.4. The van der Waals surface area contributed by atoms with E-state index in [9.17, 15) is 4.79 Å². The summed E-state index contributed by atoms with van der Waals surface area (Å²) in [7, 11) is 0. The van der Waals surface area contributed by atoms with Gasteiger partial charge in [-0.15, -0.1) is 0 Å². The number of allylic oxidation sites excluding steroid dienone is 3. The van der Waals surface area contributed by atoms with Gasteiger partial charge in [-0.05, 0) is 149 Å². The molecule has 66 heavy (non-hydrogen) atoms. The van der Waals surface area contributed by atoms with Crippen LogP contribution in [-0.2, 0) is 18.9 Å². The number of carbonyl (C=O) groups is 1. The fourth-order valence-corrected chi connectivity index (χ4v) is 14.1. The van der Waals surface area contributed by atoms with Crippen LogP contribution in [0.3, 0.4) is 0 Å². The molecule has 4 fully saturated rings. The van der Waals surface area contributed by atoms with Gasteiger partial charge < -0.3 is 29.2 Å². The number of hydrogen-bond acceptors (Lipinski definition) is 6. The van der Waals surface area contributed by atoms with Crippen LogP contribution in [-0.4, -0.2) is 82.4 Å². The van der Waals surface area contributed by atoms with Crippen molar-refractivity contribution in [3.05, 3.63) is 23.8 Å². The van der Waals surface area contributed by atoms with Crippen LogP contribution in [0.25, 0.3) is 0 Å². The molecule has 0 spiro atoms. The van der Waals surface area contributed by atoms with E-state index in [0.29, 0.717) is 38.4 Å². The van der Waals surface area contributed by atoms with Gasteiger partial charge in [0.1, 0.15) is 6.10 Å². The first-order valence-corrected chi connectivity index (χ1v) is 28.8. The summed E-state index contributed by atoms with van der Waals surface area (Å²) in [6.45, 7) is 23.8. The molecule has 1 N–H and O–H groups in total. The van der Waals surface area contributed by atoms with Crippen molar-refractivity contribution in [1.82, 2.24) is 10.2 Å². The van der Waals surface area contributed by atoms with Gasteiger partial charge in [0.25, 0.3) is 0 Å². The molecule has 0 aromatic rings. The van der Waals surface area contributed by atoms with E-state index in [4.69, 9.17) is 18.9 Å². The van der Waals surface area contributed by atoms with E-state index in [-0.39, 0.29) is 23.7 Å². The van der Waals surface area contributed by atoms with Crippen molar-refractivity contribution in [2.24, 2.45) is 52.3 Å². The van der Waals surface area contributed by atoms with Crippen LogP contribution < -0.4 is 5.32 Å². The van der Waals surface area contributed by atoms with Gasteiger partial charge in [0, 0.05) is 32.7 Å². The number of piperidine rings is 1. The largest absolute Gasteiger partial charge is 0.446 e. The van der Waals surface area contributed by atoms with Crippen molar-refractivity contribution in [3.63, 3.8) is 0 Å². The Morgan fingerprint density at radius 3 is 2.29 bits per heavy atom. The lowest BCUT2D eigenvalue weighted by molar-refractivity contribution is -0.0584. The van der Waals surface area contributed by atoms with Gasteiger partial charge in [-0.2, -0.15) is 0 Å². The molecule has 5 rings (SSSR count). The Balaban J connectivity index is 0.910. The highest BCUT2D eigenvalue weighted by atomic mass is 16.6. The third-order valence-corrected chi connectivity index (χ3v) is 17.9. The predicted molar refractivity (Wildman–Crippen MR) is 277 cm³/mol. The van der Waals surface area contributed by atoms with Crippen LogP contribution in [0.5, 0.6) is 0 Å². The van der Waals surface area contributed by atoms with Gasteiger partial charge in [0.15, 0.2) is 0 Å². The Morgan fingerprint density at radius 2 is 1.55 bits per heavy atom. The lowest BCUT2D eigenvalue weighted by Crippen LogP contribution is -2.51. The maximum Gasteiger partial charge on any atom is 0.407 e. The highest BCUT2D eigenvalue weighted by Gasteiger charge is 2.59. The number of amides is 1. The standard InChI is InChI=1S/C59H106N2O5/c1-8-9-10-11-12-13-14-15-16-17-18-19-20-21-22-23-39-64-46-52(45-61-38-25-27-48(4)44-61)65-42-41-63-40-37-60-57(62)66-51-33-35-58(6)50(43-51)29-30-53-55-32-31-54(49(5)28-24-26-47(2)3)59(55,7)36-34-56(53)58/h15-16,29,47-49,51-56H,8-14,17-28,30-46H2,1-7H3,(H,60,62)/b16-15-/t48?,49-,51-,52?,53-,54?,55?,56?,58-,59+/m0/s1. The normalized spacial score (nSPS) is 29.9. The van der Waals surface area contributed by atoms with E-state index < -0.39 is 0 Å². The highest BCUT2D eigenvalue weighted by molar-refractivity contribution is 5.67. The second-order valence-electron chi connectivity index (χ2n) is 23.6. The third kappa shape index (κ3) is 18.1. The smallest absolute Gasteiger partial charge is 0.407 e. The van der Waals surface area contributed by atoms with Crippen molar-refractivity contribution in [1.29, 1.82) is 0 Å². The fourth-order valence-electron chi connectivity index (χ4n) is 14.1. The lowest BCUT2D eigenvalue weighted by atomic mass is 9.47. The van der Waals surface area contributed by atoms with E-state index >= 15 is 0 Å². The Kier molecular flexibility index (Phi) is 25.5. The lowest BCUT2D eigenvalue weighted by Gasteiger charge is -2.58. The summed E-state index contributed by atoms with van der Waals surface area (Å²) in [5, 5.41) is 2.98. The van der Waals surface area contributed by atoms with E-state index in [0.717, 1.165) is 93.3 Å². The van der Waals surface area contributed by atoms with Crippen LogP contribution in [0.15, 0.2) is 23.8 Å². The van der Waals surface area contributed by atoms with Gasteiger partial charge in [-0.1, -0.05) is 149 Å². The quantitative estimate of drug-likeness (QED) is 0.0522. The average molecular weight is 924 g/mol. The minimum atomic E-state index is -0.305. The number of hydrogen-bond donors (Lipinski definition) is 1. The molecule has 5 aliphatic rings. The summed E-state index contributed by atoms with van der Waals surface area (Å²) in [6, 6.07) is 0. The van der Waals surface area contributed by atoms with Crippen molar-refractivity contribution in [2.75, 3.05) is 59.2 Å². The number of nitrogens with zero attached hydrogens (tertiary/aromatic N) is 1. The molecule has 1 aliphatic heterocycles. The van der Waals surface area contributed by atoms with Gasteiger partial charge in [0.05, 0.1) is 32.5 Å². The molecule has 0 aromatic heterocycles. The number of carbonyl (C=O) groups excluding carboxylic acids is 1. The van der Waals surface area contributed by atoms with Gasteiger partial charge in [-0.25, -0.2) is 4.79 Å². The number of alkyl carbamates (subject to hydrolysis) is 1. The third-order valence-electron chi connectivity index (χ3n) is 17.9. The summed E-state index contributed by atoms with van der Waals surface area (Å²) < 4.78 is 24.6. The zero-order valence-corrected chi connectivity index (χ0v) is 44.4. The molecule has 0 aromatic carbocycles. The Morgan fingerprint density at radius 1 is 0.803 bits per heavy atom. The molecule has 382 valence electrons. The Bertz CT molecular complexity index is 1380. The van der Waals surface area contributed by atoms with Gasteiger partial charge >= 0.3 is 6.09 Å². The van der Waals surface area contributed by atoms with Crippen LogP contribution in [0.2, 0.25) is 0 Å². The van der Waals surface area contributed by atoms with Crippen LogP contribution in [0.4, 0.5) is 4.79 Å². The maximum atomic E-state index is 13.0. The molecule has 0 radical (unpaired) electrons. The number of nitrogens with one attached hydrogen (secondary N) is 1. The molecule has 4 aliphatic carbocycles. The van der Waals surface area contributed by atoms with Gasteiger partial charge in [-0.3, -0.25) is 0 Å². The molecular formula is C59H106N2O5. The number of ether oxygens (including phenoxy) is 4. The average Bonchev–Trinajstić information content (AvgIpc) is 3.65. The van der Waals surface area contributed by atoms with Crippen molar-refractivity contribution in [2.45, 2.75) is 234 Å². The van der Waals surface area contributed by atoms with Crippen LogP contribution >= 0.6 is 0 Å². The molecule has 1 heterocycles. The maximum absolute atomic E-state index is 13.0. The first kappa shape index (κ1) is 55.5. The minimum Gasteiger partial charge on any atom is -0.446 e. The second kappa shape index (κ2) is 30.4. The zero-order chi connectivity index (χ0) is 47.0. The molecular weight excluding hydrogens is 817 g/mol. The topological polar surface area (TPSA) is 69.3 Å². The van der Waals surface area contributed by atoms with E-state index in [2.05, 4.69) is 76.9 Å². The highest BCUT2D eigenvalue weighted by Crippen LogP contribution is 2.67. The van der Waals surface area contributed by atoms with Crippen LogP contribution in [0, 0.1) is 52.3 Å². The molecule has 3 saturated carbocycles. The summed E-state index contributed by atoms with van der Waals surface area (Å²) in [5.41, 5.74) is 2.36. The fraction of sp³-hybridized carbons (Fsp3) is 0.915. The summed E-state index contributed by atoms with van der Waals surface area (Å²) in [5.74, 6) is 5.79. The first-order valence-electron chi connectivity index (χ1n) is 28.8. The number of likely N-dealkylation sites (tertiary alicyclic amines) is 1. The number of unbranched alkanes of at least 4 members (excludes halogenated alkanes) is 12. The summed E-state index contributed by atoms with van der Waals surface area (Å²) in [6.07, 6.45) is 42.3. The molecule has 5 unspecified atom stereocenters. The minimum absolute atomic E-state index is 0.0319. The second-order valence-corrected chi connectivity index (χ2v) is 23.6. The summed E-state index contributed by atoms with van der Waals surface area (Å²) in [4.78, 5) is 15.5. The monoisotopic (exact) mass is 923 g/mol. The van der Waals surface area contributed by atoms with Crippen molar-refractivity contribution < 1.29 is 23.7 Å². The molecule has 0 bridgehead atoms. The predicted octanol–water partition coefficient (Wildman–Crippen LogP) is 15.3.